The predicted octanol–water partition coefficient (Wildman–Crippen LogP) is 3.33. The zero-order valence-corrected chi connectivity index (χ0v) is 11.7. The van der Waals surface area contributed by atoms with Crippen LogP contribution < -0.4 is 5.73 Å². The molecule has 0 atom stereocenters. The summed E-state index contributed by atoms with van der Waals surface area (Å²) in [6.45, 7) is 0.352. The molecular weight excluding hydrogens is 279 g/mol. The Labute approximate surface area is 121 Å². The number of nitrogens with two attached hydrogens (primary N) is 1. The lowest BCUT2D eigenvalue weighted by Crippen LogP contribution is -2.26. The summed E-state index contributed by atoms with van der Waals surface area (Å²) in [5.41, 5.74) is 6.50. The van der Waals surface area contributed by atoms with Gasteiger partial charge in [0.2, 0.25) is 0 Å². The minimum atomic E-state index is -0.595. The van der Waals surface area contributed by atoms with Crippen LogP contribution in [0.1, 0.15) is 15.9 Å². The first-order valence-corrected chi connectivity index (χ1v) is 6.40. The van der Waals surface area contributed by atoms with E-state index in [1.807, 2.05) is 18.2 Å². The van der Waals surface area contributed by atoms with Crippen LogP contribution in [0.3, 0.4) is 0 Å². The predicted molar refractivity (Wildman–Crippen MR) is 78.1 cm³/mol. The molecule has 0 aliphatic carbocycles. The monoisotopic (exact) mass is 292 g/mol. The van der Waals surface area contributed by atoms with E-state index in [2.05, 4.69) is 0 Å². The maximum atomic E-state index is 13.4. The number of rotatable bonds is 3. The van der Waals surface area contributed by atoms with Crippen molar-refractivity contribution >= 4 is 23.2 Å². The first kappa shape index (κ1) is 14.3. The van der Waals surface area contributed by atoms with Gasteiger partial charge in [-0.2, -0.15) is 0 Å². The summed E-state index contributed by atoms with van der Waals surface area (Å²) in [4.78, 5) is 13.7. The summed E-state index contributed by atoms with van der Waals surface area (Å²) in [7, 11) is 1.64. The van der Waals surface area contributed by atoms with Gasteiger partial charge in [0.1, 0.15) is 5.82 Å². The number of benzene rings is 2. The number of halogens is 2. The smallest absolute Gasteiger partial charge is 0.254 e. The van der Waals surface area contributed by atoms with Gasteiger partial charge in [-0.1, -0.05) is 29.8 Å². The Kier molecular flexibility index (Phi) is 4.25. The van der Waals surface area contributed by atoms with E-state index in [0.29, 0.717) is 11.6 Å². The van der Waals surface area contributed by atoms with Crippen LogP contribution in [-0.2, 0) is 6.54 Å². The number of hydrogen-bond acceptors (Lipinski definition) is 2. The van der Waals surface area contributed by atoms with Gasteiger partial charge in [0.25, 0.3) is 5.91 Å². The molecule has 20 heavy (non-hydrogen) atoms. The lowest BCUT2D eigenvalue weighted by Gasteiger charge is -2.18. The van der Waals surface area contributed by atoms with Gasteiger partial charge in [-0.05, 0) is 29.8 Å². The Balaban J connectivity index is 2.16. The standard InChI is InChI=1S/C15H14ClFN2O/c1-19(9-11-4-2-3-5-12(11)16)15(20)10-6-7-14(18)13(17)8-10/h2-8H,9,18H2,1H3. The molecule has 1 amide bonds. The number of hydrogen-bond donors (Lipinski definition) is 1. The largest absolute Gasteiger partial charge is 0.396 e. The summed E-state index contributed by atoms with van der Waals surface area (Å²) in [5.74, 6) is -0.884. The van der Waals surface area contributed by atoms with Crippen molar-refractivity contribution in [2.45, 2.75) is 6.54 Å². The minimum Gasteiger partial charge on any atom is -0.396 e. The summed E-state index contributed by atoms with van der Waals surface area (Å²) in [5, 5.41) is 0.593. The van der Waals surface area contributed by atoms with E-state index in [1.165, 1.54) is 17.0 Å². The highest BCUT2D eigenvalue weighted by Gasteiger charge is 2.14. The molecule has 0 unspecified atom stereocenters. The fourth-order valence-electron chi connectivity index (χ4n) is 1.83. The summed E-state index contributed by atoms with van der Waals surface area (Å²) in [6.07, 6.45) is 0. The van der Waals surface area contributed by atoms with E-state index in [4.69, 9.17) is 17.3 Å². The zero-order valence-electron chi connectivity index (χ0n) is 10.9. The van der Waals surface area contributed by atoms with Gasteiger partial charge < -0.3 is 10.6 Å². The van der Waals surface area contributed by atoms with E-state index in [-0.39, 0.29) is 17.2 Å². The van der Waals surface area contributed by atoms with Gasteiger partial charge in [-0.3, -0.25) is 4.79 Å². The fourth-order valence-corrected chi connectivity index (χ4v) is 2.03. The molecule has 2 N–H and O–H groups in total. The van der Waals surface area contributed by atoms with Gasteiger partial charge in [0.15, 0.2) is 0 Å². The topological polar surface area (TPSA) is 46.3 Å². The Morgan fingerprint density at radius 3 is 2.65 bits per heavy atom. The minimum absolute atomic E-state index is 0.0234. The maximum absolute atomic E-state index is 13.4. The van der Waals surface area contributed by atoms with Gasteiger partial charge in [0, 0.05) is 24.2 Å². The third-order valence-corrected chi connectivity index (χ3v) is 3.33. The second-order valence-electron chi connectivity index (χ2n) is 4.49. The fraction of sp³-hybridized carbons (Fsp3) is 0.133. The van der Waals surface area contributed by atoms with Crippen LogP contribution in [0, 0.1) is 5.82 Å². The highest BCUT2D eigenvalue weighted by molar-refractivity contribution is 6.31. The van der Waals surface area contributed by atoms with E-state index in [9.17, 15) is 9.18 Å². The highest BCUT2D eigenvalue weighted by atomic mass is 35.5. The normalized spacial score (nSPS) is 10.3. The first-order chi connectivity index (χ1) is 9.49. The molecule has 0 spiro atoms. The number of nitrogens with zero attached hydrogens (tertiary/aromatic N) is 1. The second kappa shape index (κ2) is 5.92. The van der Waals surface area contributed by atoms with Crippen LogP contribution in [-0.4, -0.2) is 17.9 Å². The number of carbonyl (C=O) groups excluding carboxylic acids is 1. The van der Waals surface area contributed by atoms with Crippen LogP contribution in [0.4, 0.5) is 10.1 Å². The van der Waals surface area contributed by atoms with E-state index < -0.39 is 5.82 Å². The molecule has 0 bridgehead atoms. The van der Waals surface area contributed by atoms with Gasteiger partial charge in [-0.25, -0.2) is 4.39 Å². The number of carbonyl (C=O) groups is 1. The summed E-state index contributed by atoms with van der Waals surface area (Å²) >= 11 is 6.05. The van der Waals surface area contributed by atoms with Crippen molar-refractivity contribution in [3.8, 4) is 0 Å². The summed E-state index contributed by atoms with van der Waals surface area (Å²) < 4.78 is 13.4. The Morgan fingerprint density at radius 1 is 1.30 bits per heavy atom. The van der Waals surface area contributed by atoms with Crippen LogP contribution in [0.2, 0.25) is 5.02 Å². The lowest BCUT2D eigenvalue weighted by molar-refractivity contribution is 0.0784. The average Bonchev–Trinajstić information content (AvgIpc) is 2.43. The molecule has 0 aliphatic rings. The Bertz CT molecular complexity index is 646. The van der Waals surface area contributed by atoms with Crippen molar-refractivity contribution < 1.29 is 9.18 Å². The van der Waals surface area contributed by atoms with Crippen molar-refractivity contribution in [1.29, 1.82) is 0 Å². The maximum Gasteiger partial charge on any atom is 0.254 e. The van der Waals surface area contributed by atoms with E-state index in [0.717, 1.165) is 11.6 Å². The van der Waals surface area contributed by atoms with Gasteiger partial charge in [0.05, 0.1) is 5.69 Å². The second-order valence-corrected chi connectivity index (χ2v) is 4.90. The van der Waals surface area contributed by atoms with Crippen LogP contribution in [0.5, 0.6) is 0 Å². The molecule has 3 nitrogen and oxygen atoms in total. The third kappa shape index (κ3) is 3.08. The van der Waals surface area contributed by atoms with Crippen LogP contribution >= 0.6 is 11.6 Å². The van der Waals surface area contributed by atoms with E-state index >= 15 is 0 Å². The molecule has 0 aliphatic heterocycles. The van der Waals surface area contributed by atoms with Gasteiger partial charge >= 0.3 is 0 Å². The molecule has 0 heterocycles. The number of nitrogen functional groups attached to an aromatic ring is 1. The SMILES string of the molecule is CN(Cc1ccccc1Cl)C(=O)c1ccc(N)c(F)c1. The molecular formula is C15H14ClFN2O. The Morgan fingerprint density at radius 2 is 2.00 bits per heavy atom. The molecule has 0 saturated carbocycles. The quantitative estimate of drug-likeness (QED) is 0.882. The molecule has 2 rings (SSSR count). The van der Waals surface area contributed by atoms with E-state index in [1.54, 1.807) is 13.1 Å². The van der Waals surface area contributed by atoms with Crippen molar-refractivity contribution in [3.05, 3.63) is 64.4 Å². The van der Waals surface area contributed by atoms with Crippen LogP contribution in [0.15, 0.2) is 42.5 Å². The van der Waals surface area contributed by atoms with Crippen molar-refractivity contribution in [3.63, 3.8) is 0 Å². The molecule has 0 saturated heterocycles. The highest BCUT2D eigenvalue weighted by Crippen LogP contribution is 2.18. The molecule has 0 radical (unpaired) electrons. The van der Waals surface area contributed by atoms with Crippen molar-refractivity contribution in [2.24, 2.45) is 0 Å². The first-order valence-electron chi connectivity index (χ1n) is 6.03. The third-order valence-electron chi connectivity index (χ3n) is 2.96. The van der Waals surface area contributed by atoms with Crippen molar-refractivity contribution in [2.75, 3.05) is 12.8 Å². The molecule has 0 fully saturated rings. The van der Waals surface area contributed by atoms with Crippen molar-refractivity contribution in [1.82, 2.24) is 4.90 Å². The molecule has 5 heteroatoms. The molecule has 104 valence electrons. The molecule has 0 aromatic heterocycles. The number of anilines is 1. The van der Waals surface area contributed by atoms with Gasteiger partial charge in [-0.15, -0.1) is 0 Å². The zero-order chi connectivity index (χ0) is 14.7. The number of amides is 1. The van der Waals surface area contributed by atoms with Crippen LogP contribution in [0.25, 0.3) is 0 Å². The molecule has 2 aromatic carbocycles. The summed E-state index contributed by atoms with van der Waals surface area (Å²) in [6, 6.07) is 11.3. The average molecular weight is 293 g/mol. The Hall–Kier alpha value is -2.07. The molecule has 2 aromatic rings. The lowest BCUT2D eigenvalue weighted by atomic mass is 10.1.